The number of anilines is 1. The molecule has 1 aromatic rings. The SMILES string of the molecule is Nc1cnn(CCN2C3CCC2CC(O)C3)c1. The molecule has 0 aliphatic carbocycles. The summed E-state index contributed by atoms with van der Waals surface area (Å²) < 4.78 is 1.90. The van der Waals surface area contributed by atoms with Crippen molar-refractivity contribution in [3.63, 3.8) is 0 Å². The normalized spacial score (nSPS) is 33.1. The van der Waals surface area contributed by atoms with Crippen LogP contribution in [-0.2, 0) is 6.54 Å². The van der Waals surface area contributed by atoms with Gasteiger partial charge in [0.25, 0.3) is 0 Å². The first-order valence-electron chi connectivity index (χ1n) is 6.44. The second-order valence-corrected chi connectivity index (χ2v) is 5.28. The molecular formula is C12H20N4O. The Bertz CT molecular complexity index is 378. The standard InChI is InChI=1S/C12H20N4O/c13-9-7-14-15(8-9)3-4-16-10-1-2-11(16)6-12(17)5-10/h7-8,10-12,17H,1-6,13H2. The molecule has 0 radical (unpaired) electrons. The molecule has 2 fully saturated rings. The zero-order valence-electron chi connectivity index (χ0n) is 10.00. The molecule has 3 N–H and O–H groups in total. The highest BCUT2D eigenvalue weighted by Crippen LogP contribution is 2.35. The maximum absolute atomic E-state index is 9.74. The first kappa shape index (κ1) is 11.0. The van der Waals surface area contributed by atoms with E-state index in [0.29, 0.717) is 12.1 Å². The summed E-state index contributed by atoms with van der Waals surface area (Å²) in [4.78, 5) is 2.55. The van der Waals surface area contributed by atoms with Crippen molar-refractivity contribution in [2.24, 2.45) is 0 Å². The van der Waals surface area contributed by atoms with Crippen LogP contribution in [0.4, 0.5) is 5.69 Å². The number of aliphatic hydroxyl groups excluding tert-OH is 1. The summed E-state index contributed by atoms with van der Waals surface area (Å²) in [5.74, 6) is 0. The topological polar surface area (TPSA) is 67.3 Å². The predicted molar refractivity (Wildman–Crippen MR) is 65.4 cm³/mol. The minimum absolute atomic E-state index is 0.0795. The Balaban J connectivity index is 1.59. The molecule has 94 valence electrons. The zero-order valence-corrected chi connectivity index (χ0v) is 10.00. The molecule has 2 aliphatic rings. The molecule has 0 amide bonds. The zero-order chi connectivity index (χ0) is 11.8. The van der Waals surface area contributed by atoms with Crippen LogP contribution >= 0.6 is 0 Å². The van der Waals surface area contributed by atoms with Gasteiger partial charge in [0.05, 0.1) is 24.5 Å². The molecule has 2 atom stereocenters. The number of hydrogen-bond acceptors (Lipinski definition) is 4. The molecule has 0 spiro atoms. The number of aromatic nitrogens is 2. The van der Waals surface area contributed by atoms with Gasteiger partial charge in [0.2, 0.25) is 0 Å². The van der Waals surface area contributed by atoms with Crippen LogP contribution in [0.15, 0.2) is 12.4 Å². The maximum Gasteiger partial charge on any atom is 0.0719 e. The van der Waals surface area contributed by atoms with E-state index in [0.717, 1.165) is 31.6 Å². The van der Waals surface area contributed by atoms with E-state index in [4.69, 9.17) is 5.73 Å². The number of hydrogen-bond donors (Lipinski definition) is 2. The number of nitrogens with two attached hydrogens (primary N) is 1. The van der Waals surface area contributed by atoms with Crippen molar-refractivity contribution in [2.75, 3.05) is 12.3 Å². The van der Waals surface area contributed by atoms with Crippen LogP contribution < -0.4 is 5.73 Å². The summed E-state index contributed by atoms with van der Waals surface area (Å²) in [5.41, 5.74) is 6.37. The van der Waals surface area contributed by atoms with Crippen molar-refractivity contribution in [1.29, 1.82) is 0 Å². The second-order valence-electron chi connectivity index (χ2n) is 5.28. The van der Waals surface area contributed by atoms with Crippen molar-refractivity contribution in [3.8, 4) is 0 Å². The van der Waals surface area contributed by atoms with Gasteiger partial charge in [-0.3, -0.25) is 9.58 Å². The molecule has 3 heterocycles. The van der Waals surface area contributed by atoms with E-state index in [9.17, 15) is 5.11 Å². The number of rotatable bonds is 3. The number of piperidine rings is 1. The van der Waals surface area contributed by atoms with Crippen molar-refractivity contribution in [2.45, 2.75) is 50.4 Å². The quantitative estimate of drug-likeness (QED) is 0.800. The van der Waals surface area contributed by atoms with Gasteiger partial charge >= 0.3 is 0 Å². The predicted octanol–water partition coefficient (Wildman–Crippen LogP) is 0.453. The highest BCUT2D eigenvalue weighted by Gasteiger charge is 2.39. The van der Waals surface area contributed by atoms with E-state index < -0.39 is 0 Å². The third kappa shape index (κ3) is 2.17. The lowest BCUT2D eigenvalue weighted by Gasteiger charge is -2.37. The van der Waals surface area contributed by atoms with Crippen molar-refractivity contribution in [1.82, 2.24) is 14.7 Å². The van der Waals surface area contributed by atoms with Crippen LogP contribution in [0.5, 0.6) is 0 Å². The molecule has 1 aromatic heterocycles. The average molecular weight is 236 g/mol. The third-order valence-corrected chi connectivity index (χ3v) is 4.10. The monoisotopic (exact) mass is 236 g/mol. The molecule has 2 aliphatic heterocycles. The van der Waals surface area contributed by atoms with Gasteiger partial charge in [-0.15, -0.1) is 0 Å². The van der Waals surface area contributed by atoms with Crippen LogP contribution in [0.2, 0.25) is 0 Å². The fourth-order valence-corrected chi connectivity index (χ4v) is 3.33. The molecular weight excluding hydrogens is 216 g/mol. The Morgan fingerprint density at radius 2 is 2.00 bits per heavy atom. The number of nitrogen functional groups attached to an aromatic ring is 1. The Hall–Kier alpha value is -1.07. The highest BCUT2D eigenvalue weighted by molar-refractivity contribution is 5.30. The van der Waals surface area contributed by atoms with Crippen LogP contribution in [0, 0.1) is 0 Å². The summed E-state index contributed by atoms with van der Waals surface area (Å²) in [7, 11) is 0. The number of fused-ring (bicyclic) bond motifs is 2. The van der Waals surface area contributed by atoms with Gasteiger partial charge in [-0.1, -0.05) is 0 Å². The fraction of sp³-hybridized carbons (Fsp3) is 0.750. The lowest BCUT2D eigenvalue weighted by Crippen LogP contribution is -2.45. The second kappa shape index (κ2) is 4.31. The van der Waals surface area contributed by atoms with Crippen LogP contribution in [0.1, 0.15) is 25.7 Å². The first-order valence-corrected chi connectivity index (χ1v) is 6.44. The Morgan fingerprint density at radius 3 is 2.59 bits per heavy atom. The largest absolute Gasteiger partial charge is 0.396 e. The Morgan fingerprint density at radius 1 is 1.29 bits per heavy atom. The van der Waals surface area contributed by atoms with E-state index in [1.165, 1.54) is 12.8 Å². The van der Waals surface area contributed by atoms with Crippen LogP contribution in [0.3, 0.4) is 0 Å². The lowest BCUT2D eigenvalue weighted by molar-refractivity contribution is 0.0333. The Kier molecular flexibility index (Phi) is 2.80. The van der Waals surface area contributed by atoms with Gasteiger partial charge in [-0.25, -0.2) is 0 Å². The molecule has 17 heavy (non-hydrogen) atoms. The summed E-state index contributed by atoms with van der Waals surface area (Å²) in [6, 6.07) is 1.16. The summed E-state index contributed by atoms with van der Waals surface area (Å²) in [6.45, 7) is 1.91. The van der Waals surface area contributed by atoms with Gasteiger partial charge in [0, 0.05) is 24.8 Å². The molecule has 2 unspecified atom stereocenters. The molecule has 0 aromatic carbocycles. The minimum atomic E-state index is -0.0795. The van der Waals surface area contributed by atoms with Crippen LogP contribution in [-0.4, -0.2) is 44.5 Å². The molecule has 3 rings (SSSR count). The molecule has 5 heteroatoms. The van der Waals surface area contributed by atoms with Gasteiger partial charge < -0.3 is 10.8 Å². The van der Waals surface area contributed by atoms with E-state index in [1.807, 2.05) is 10.9 Å². The fourth-order valence-electron chi connectivity index (χ4n) is 3.33. The molecule has 2 saturated heterocycles. The molecule has 0 saturated carbocycles. The summed E-state index contributed by atoms with van der Waals surface area (Å²) >= 11 is 0. The number of aliphatic hydroxyl groups is 1. The lowest BCUT2D eigenvalue weighted by atomic mass is 10.00. The van der Waals surface area contributed by atoms with Crippen LogP contribution in [0.25, 0.3) is 0 Å². The van der Waals surface area contributed by atoms with Gasteiger partial charge in [0.1, 0.15) is 0 Å². The van der Waals surface area contributed by atoms with Crippen molar-refractivity contribution in [3.05, 3.63) is 12.4 Å². The van der Waals surface area contributed by atoms with E-state index in [2.05, 4.69) is 10.00 Å². The van der Waals surface area contributed by atoms with E-state index >= 15 is 0 Å². The van der Waals surface area contributed by atoms with Gasteiger partial charge in [0.15, 0.2) is 0 Å². The van der Waals surface area contributed by atoms with Crippen molar-refractivity contribution < 1.29 is 5.11 Å². The Labute approximate surface area is 101 Å². The highest BCUT2D eigenvalue weighted by atomic mass is 16.3. The maximum atomic E-state index is 9.74. The smallest absolute Gasteiger partial charge is 0.0719 e. The van der Waals surface area contributed by atoms with Gasteiger partial charge in [-0.05, 0) is 25.7 Å². The van der Waals surface area contributed by atoms with E-state index in [-0.39, 0.29) is 6.10 Å². The summed E-state index contributed by atoms with van der Waals surface area (Å²) in [6.07, 6.45) is 7.85. The summed E-state index contributed by atoms with van der Waals surface area (Å²) in [5, 5.41) is 13.9. The van der Waals surface area contributed by atoms with Gasteiger partial charge in [-0.2, -0.15) is 5.10 Å². The molecule has 2 bridgehead atoms. The molecule has 5 nitrogen and oxygen atoms in total. The van der Waals surface area contributed by atoms with Crippen molar-refractivity contribution >= 4 is 5.69 Å². The minimum Gasteiger partial charge on any atom is -0.396 e. The first-order chi connectivity index (χ1) is 8.22. The average Bonchev–Trinajstić information content (AvgIpc) is 2.79. The van der Waals surface area contributed by atoms with E-state index in [1.54, 1.807) is 6.20 Å². The number of nitrogens with zero attached hydrogens (tertiary/aromatic N) is 3. The third-order valence-electron chi connectivity index (χ3n) is 4.10.